The maximum absolute atomic E-state index is 13.0. The zero-order valence-corrected chi connectivity index (χ0v) is 13.3. The Morgan fingerprint density at radius 3 is 2.57 bits per heavy atom. The summed E-state index contributed by atoms with van der Waals surface area (Å²) in [5, 5.41) is 3.60. The van der Waals surface area contributed by atoms with Crippen LogP contribution in [-0.2, 0) is 4.79 Å². The highest BCUT2D eigenvalue weighted by Crippen LogP contribution is 2.39. The number of nitrogens with zero attached hydrogens (tertiary/aromatic N) is 1. The van der Waals surface area contributed by atoms with E-state index in [4.69, 9.17) is 0 Å². The van der Waals surface area contributed by atoms with Crippen molar-refractivity contribution in [2.45, 2.75) is 64.2 Å². The summed E-state index contributed by atoms with van der Waals surface area (Å²) in [7, 11) is 0. The molecule has 3 nitrogen and oxygen atoms in total. The molecule has 1 saturated carbocycles. The van der Waals surface area contributed by atoms with Gasteiger partial charge < -0.3 is 4.90 Å². The summed E-state index contributed by atoms with van der Waals surface area (Å²) in [5.74, 6) is 1.01. The number of hydrogen-bond acceptors (Lipinski definition) is 2. The molecule has 4 atom stereocenters. The van der Waals surface area contributed by atoms with E-state index in [1.165, 1.54) is 12.0 Å². The quantitative estimate of drug-likeness (QED) is 0.922. The Labute approximate surface area is 127 Å². The molecule has 1 saturated heterocycles. The molecule has 1 amide bonds. The molecule has 4 unspecified atom stereocenters. The van der Waals surface area contributed by atoms with Crippen molar-refractivity contribution in [1.29, 1.82) is 0 Å². The van der Waals surface area contributed by atoms with Gasteiger partial charge in [-0.2, -0.15) is 0 Å². The van der Waals surface area contributed by atoms with E-state index in [1.807, 2.05) is 13.0 Å². The summed E-state index contributed by atoms with van der Waals surface area (Å²) in [5.41, 5.74) is 0.773. The van der Waals surface area contributed by atoms with Gasteiger partial charge in [-0.15, -0.1) is 0 Å². The summed E-state index contributed by atoms with van der Waals surface area (Å²) >= 11 is 0. The largest absolute Gasteiger partial charge is 0.318 e. The van der Waals surface area contributed by atoms with Crippen molar-refractivity contribution in [3.63, 3.8) is 0 Å². The minimum atomic E-state index is -0.424. The topological polar surface area (TPSA) is 32.3 Å². The number of carbonyl (C=O) groups excluding carboxylic acids is 1. The third kappa shape index (κ3) is 2.48. The van der Waals surface area contributed by atoms with Crippen molar-refractivity contribution in [3.05, 3.63) is 35.9 Å². The van der Waals surface area contributed by atoms with Crippen LogP contribution in [0.15, 0.2) is 30.3 Å². The standard InChI is InChI=1S/C18H26N2O/c1-4-18(3)17(21)20(15-11-10-13(2)12-15)16(19-18)14-8-6-5-7-9-14/h5-9,13,15-16,19H,4,10-12H2,1-3H3. The number of carbonyl (C=O) groups is 1. The number of rotatable bonds is 3. The van der Waals surface area contributed by atoms with E-state index in [1.54, 1.807) is 0 Å². The normalized spacial score (nSPS) is 36.4. The van der Waals surface area contributed by atoms with Gasteiger partial charge in [0.2, 0.25) is 5.91 Å². The van der Waals surface area contributed by atoms with Gasteiger partial charge in [0, 0.05) is 6.04 Å². The minimum absolute atomic E-state index is 0.0268. The van der Waals surface area contributed by atoms with Crippen molar-refractivity contribution in [1.82, 2.24) is 10.2 Å². The minimum Gasteiger partial charge on any atom is -0.318 e. The van der Waals surface area contributed by atoms with Crippen LogP contribution in [0.5, 0.6) is 0 Å². The van der Waals surface area contributed by atoms with E-state index >= 15 is 0 Å². The zero-order valence-electron chi connectivity index (χ0n) is 13.3. The molecule has 0 spiro atoms. The average Bonchev–Trinajstić information content (AvgIpc) is 3.03. The van der Waals surface area contributed by atoms with E-state index in [-0.39, 0.29) is 12.1 Å². The fourth-order valence-electron chi connectivity index (χ4n) is 3.77. The van der Waals surface area contributed by atoms with Crippen LogP contribution in [-0.4, -0.2) is 22.4 Å². The van der Waals surface area contributed by atoms with Gasteiger partial charge in [-0.3, -0.25) is 10.1 Å². The molecule has 3 rings (SSSR count). The smallest absolute Gasteiger partial charge is 0.244 e. The average molecular weight is 286 g/mol. The Hall–Kier alpha value is -1.35. The summed E-state index contributed by atoms with van der Waals surface area (Å²) < 4.78 is 0. The van der Waals surface area contributed by atoms with Gasteiger partial charge in [-0.1, -0.05) is 44.2 Å². The summed E-state index contributed by atoms with van der Waals surface area (Å²) in [6.07, 6.45) is 4.36. The highest BCUT2D eigenvalue weighted by atomic mass is 16.2. The van der Waals surface area contributed by atoms with Crippen molar-refractivity contribution in [2.24, 2.45) is 5.92 Å². The second-order valence-corrected chi connectivity index (χ2v) is 6.93. The Balaban J connectivity index is 1.94. The first-order valence-corrected chi connectivity index (χ1v) is 8.20. The third-order valence-corrected chi connectivity index (χ3v) is 5.32. The molecule has 0 bridgehead atoms. The number of hydrogen-bond donors (Lipinski definition) is 1. The first-order valence-electron chi connectivity index (χ1n) is 8.20. The Kier molecular flexibility index (Phi) is 3.78. The lowest BCUT2D eigenvalue weighted by Crippen LogP contribution is -2.44. The van der Waals surface area contributed by atoms with Crippen LogP contribution in [0.4, 0.5) is 0 Å². The van der Waals surface area contributed by atoms with Crippen molar-refractivity contribution < 1.29 is 4.79 Å². The number of benzene rings is 1. The van der Waals surface area contributed by atoms with Gasteiger partial charge in [-0.05, 0) is 44.1 Å². The molecule has 2 fully saturated rings. The Morgan fingerprint density at radius 2 is 2.00 bits per heavy atom. The third-order valence-electron chi connectivity index (χ3n) is 5.32. The van der Waals surface area contributed by atoms with Gasteiger partial charge in [0.05, 0.1) is 5.54 Å². The molecule has 1 N–H and O–H groups in total. The lowest BCUT2D eigenvalue weighted by molar-refractivity contribution is -0.135. The van der Waals surface area contributed by atoms with Crippen LogP contribution in [0.3, 0.4) is 0 Å². The lowest BCUT2D eigenvalue weighted by Gasteiger charge is -2.30. The van der Waals surface area contributed by atoms with Gasteiger partial charge >= 0.3 is 0 Å². The molecular weight excluding hydrogens is 260 g/mol. The Bertz CT molecular complexity index is 515. The van der Waals surface area contributed by atoms with Gasteiger partial charge in [0.25, 0.3) is 0 Å². The molecule has 114 valence electrons. The number of amides is 1. The summed E-state index contributed by atoms with van der Waals surface area (Å²) in [6.45, 7) is 6.43. The highest BCUT2D eigenvalue weighted by Gasteiger charge is 2.50. The van der Waals surface area contributed by atoms with Gasteiger partial charge in [0.1, 0.15) is 6.17 Å². The predicted octanol–water partition coefficient (Wildman–Crippen LogP) is 3.47. The van der Waals surface area contributed by atoms with E-state index in [2.05, 4.69) is 48.3 Å². The van der Waals surface area contributed by atoms with E-state index < -0.39 is 5.54 Å². The summed E-state index contributed by atoms with van der Waals surface area (Å²) in [6, 6.07) is 10.8. The molecule has 0 aromatic heterocycles. The van der Waals surface area contributed by atoms with Gasteiger partial charge in [-0.25, -0.2) is 0 Å². The Morgan fingerprint density at radius 1 is 1.29 bits per heavy atom. The summed E-state index contributed by atoms with van der Waals surface area (Å²) in [4.78, 5) is 15.1. The molecule has 0 radical (unpaired) electrons. The van der Waals surface area contributed by atoms with E-state index in [0.717, 1.165) is 25.2 Å². The highest BCUT2D eigenvalue weighted by molar-refractivity contribution is 5.89. The zero-order chi connectivity index (χ0) is 15.0. The molecular formula is C18H26N2O. The van der Waals surface area contributed by atoms with E-state index in [9.17, 15) is 4.79 Å². The molecule has 1 aliphatic heterocycles. The molecule has 21 heavy (non-hydrogen) atoms. The molecule has 3 heteroatoms. The molecule has 1 aliphatic carbocycles. The van der Waals surface area contributed by atoms with Crippen LogP contribution in [0.1, 0.15) is 58.2 Å². The maximum atomic E-state index is 13.0. The van der Waals surface area contributed by atoms with Crippen molar-refractivity contribution in [3.8, 4) is 0 Å². The molecule has 2 aliphatic rings. The predicted molar refractivity (Wildman–Crippen MR) is 84.7 cm³/mol. The number of nitrogens with one attached hydrogen (secondary N) is 1. The van der Waals surface area contributed by atoms with Crippen molar-refractivity contribution >= 4 is 5.91 Å². The SMILES string of the molecule is CCC1(C)NC(c2ccccc2)N(C2CCC(C)C2)C1=O. The second-order valence-electron chi connectivity index (χ2n) is 6.93. The van der Waals surface area contributed by atoms with Crippen LogP contribution >= 0.6 is 0 Å². The van der Waals surface area contributed by atoms with Crippen LogP contribution in [0, 0.1) is 5.92 Å². The second kappa shape index (κ2) is 5.45. The molecule has 1 aromatic carbocycles. The monoisotopic (exact) mass is 286 g/mol. The van der Waals surface area contributed by atoms with Crippen LogP contribution in [0.2, 0.25) is 0 Å². The first-order chi connectivity index (χ1) is 10.0. The first kappa shape index (κ1) is 14.6. The van der Waals surface area contributed by atoms with Crippen LogP contribution in [0.25, 0.3) is 0 Å². The maximum Gasteiger partial charge on any atom is 0.244 e. The lowest BCUT2D eigenvalue weighted by atomic mass is 9.99. The van der Waals surface area contributed by atoms with Gasteiger partial charge in [0.15, 0.2) is 0 Å². The fraction of sp³-hybridized carbons (Fsp3) is 0.611. The van der Waals surface area contributed by atoms with Crippen molar-refractivity contribution in [2.75, 3.05) is 0 Å². The van der Waals surface area contributed by atoms with E-state index in [0.29, 0.717) is 6.04 Å². The van der Waals surface area contributed by atoms with Crippen LogP contribution < -0.4 is 5.32 Å². The molecule has 1 heterocycles. The molecule has 1 aromatic rings. The fourth-order valence-corrected chi connectivity index (χ4v) is 3.77.